The van der Waals surface area contributed by atoms with Crippen LogP contribution in [0.1, 0.15) is 0 Å². The minimum Gasteiger partial charge on any atom is -0.497 e. The molecule has 0 aliphatic heterocycles. The van der Waals surface area contributed by atoms with Crippen LogP contribution in [0.15, 0.2) is 52.1 Å². The second kappa shape index (κ2) is 9.06. The molecule has 0 bridgehead atoms. The van der Waals surface area contributed by atoms with Crippen LogP contribution in [-0.4, -0.2) is 41.0 Å². The van der Waals surface area contributed by atoms with Gasteiger partial charge in [-0.3, -0.25) is 14.9 Å². The predicted octanol–water partition coefficient (Wildman–Crippen LogP) is 3.39. The van der Waals surface area contributed by atoms with Crippen LogP contribution in [0.25, 0.3) is 11.5 Å². The van der Waals surface area contributed by atoms with Crippen molar-refractivity contribution in [3.63, 3.8) is 0 Å². The van der Waals surface area contributed by atoms with Crippen LogP contribution < -0.4 is 14.8 Å². The molecule has 0 fully saturated rings. The van der Waals surface area contributed by atoms with Crippen LogP contribution >= 0.6 is 11.8 Å². The Morgan fingerprint density at radius 1 is 1.21 bits per heavy atom. The van der Waals surface area contributed by atoms with E-state index in [0.29, 0.717) is 17.2 Å². The molecule has 0 atom stereocenters. The molecular weight excluding hydrogens is 400 g/mol. The maximum absolute atomic E-state index is 12.2. The lowest BCUT2D eigenvalue weighted by molar-refractivity contribution is -0.384. The molecule has 29 heavy (non-hydrogen) atoms. The molecule has 11 heteroatoms. The number of hydrogen-bond donors (Lipinski definition) is 1. The molecule has 3 aromatic rings. The third kappa shape index (κ3) is 4.82. The molecule has 10 nitrogen and oxygen atoms in total. The number of thioether (sulfide) groups is 1. The van der Waals surface area contributed by atoms with Crippen molar-refractivity contribution < 1.29 is 23.6 Å². The summed E-state index contributed by atoms with van der Waals surface area (Å²) in [6.07, 6.45) is 0. The molecule has 0 saturated carbocycles. The number of para-hydroxylation sites is 1. The lowest BCUT2D eigenvalue weighted by Gasteiger charge is -2.11. The molecule has 150 valence electrons. The number of rotatable bonds is 8. The average Bonchev–Trinajstić information content (AvgIpc) is 3.21. The van der Waals surface area contributed by atoms with Crippen LogP contribution in [0.4, 0.5) is 11.4 Å². The number of amides is 1. The Kier molecular flexibility index (Phi) is 6.29. The Hall–Kier alpha value is -3.60. The number of hydrogen-bond acceptors (Lipinski definition) is 9. The van der Waals surface area contributed by atoms with Gasteiger partial charge in [-0.15, -0.1) is 10.2 Å². The summed E-state index contributed by atoms with van der Waals surface area (Å²) in [6.45, 7) is 0. The van der Waals surface area contributed by atoms with E-state index in [2.05, 4.69) is 15.5 Å². The van der Waals surface area contributed by atoms with Gasteiger partial charge in [0.15, 0.2) is 0 Å². The maximum atomic E-state index is 12.2. The van der Waals surface area contributed by atoms with Crippen molar-refractivity contribution in [3.05, 3.63) is 52.6 Å². The summed E-state index contributed by atoms with van der Waals surface area (Å²) in [5, 5.41) is 21.6. The molecule has 2 aromatic carbocycles. The van der Waals surface area contributed by atoms with Gasteiger partial charge >= 0.3 is 0 Å². The molecule has 1 aromatic heterocycles. The maximum Gasteiger partial charge on any atom is 0.282 e. The Morgan fingerprint density at radius 3 is 2.72 bits per heavy atom. The van der Waals surface area contributed by atoms with E-state index >= 15 is 0 Å². The average molecular weight is 416 g/mol. The zero-order chi connectivity index (χ0) is 20.8. The smallest absolute Gasteiger partial charge is 0.282 e. The van der Waals surface area contributed by atoms with Crippen LogP contribution in [0.5, 0.6) is 11.5 Å². The van der Waals surface area contributed by atoms with Crippen molar-refractivity contribution in [1.29, 1.82) is 0 Å². The molecule has 1 heterocycles. The zero-order valence-corrected chi connectivity index (χ0v) is 16.3. The molecule has 0 aliphatic rings. The Balaban J connectivity index is 1.65. The molecule has 0 radical (unpaired) electrons. The molecule has 0 aliphatic carbocycles. The van der Waals surface area contributed by atoms with E-state index in [-0.39, 0.29) is 34.0 Å². The summed E-state index contributed by atoms with van der Waals surface area (Å²) in [4.78, 5) is 22.8. The monoisotopic (exact) mass is 416 g/mol. The first-order valence-corrected chi connectivity index (χ1v) is 9.22. The van der Waals surface area contributed by atoms with Crippen molar-refractivity contribution >= 4 is 29.0 Å². The van der Waals surface area contributed by atoms with E-state index in [4.69, 9.17) is 13.9 Å². The number of nitro groups is 1. The molecular formula is C18H16N4O6S. The minimum absolute atomic E-state index is 0.00625. The highest BCUT2D eigenvalue weighted by atomic mass is 32.2. The minimum atomic E-state index is -0.526. The van der Waals surface area contributed by atoms with Gasteiger partial charge in [-0.2, -0.15) is 0 Å². The topological polar surface area (TPSA) is 130 Å². The normalized spacial score (nSPS) is 10.4. The Labute approximate surface area is 169 Å². The van der Waals surface area contributed by atoms with E-state index in [1.54, 1.807) is 30.3 Å². The molecule has 3 rings (SSSR count). The third-order valence-electron chi connectivity index (χ3n) is 3.75. The standard InChI is InChI=1S/C18H16N4O6S/c1-26-11-7-8-13(15(9-11)27-2)19-16(23)10-29-18-21-20-17(28-18)12-5-3-4-6-14(12)22(24)25/h3-9H,10H2,1-2H3,(H,19,23). The number of nitro benzene ring substituents is 1. The SMILES string of the molecule is COc1ccc(NC(=O)CSc2nnc(-c3ccccc3[N+](=O)[O-])o2)c(OC)c1. The van der Waals surface area contributed by atoms with Crippen molar-refractivity contribution in [2.45, 2.75) is 5.22 Å². The van der Waals surface area contributed by atoms with Crippen molar-refractivity contribution in [1.82, 2.24) is 10.2 Å². The highest BCUT2D eigenvalue weighted by molar-refractivity contribution is 7.99. The van der Waals surface area contributed by atoms with E-state index in [1.807, 2.05) is 0 Å². The van der Waals surface area contributed by atoms with Crippen molar-refractivity contribution in [3.8, 4) is 23.0 Å². The number of aromatic nitrogens is 2. The van der Waals surface area contributed by atoms with Crippen molar-refractivity contribution in [2.75, 3.05) is 25.3 Å². The van der Waals surface area contributed by atoms with Crippen LogP contribution in [0, 0.1) is 10.1 Å². The molecule has 0 spiro atoms. The number of nitrogens with zero attached hydrogens (tertiary/aromatic N) is 3. The summed E-state index contributed by atoms with van der Waals surface area (Å²) < 4.78 is 15.8. The second-order valence-electron chi connectivity index (χ2n) is 5.55. The number of ether oxygens (including phenoxy) is 2. The quantitative estimate of drug-likeness (QED) is 0.333. The van der Waals surface area contributed by atoms with Crippen LogP contribution in [0.2, 0.25) is 0 Å². The first kappa shape index (κ1) is 20.1. The molecule has 1 N–H and O–H groups in total. The highest BCUT2D eigenvalue weighted by Gasteiger charge is 2.20. The number of carbonyl (C=O) groups is 1. The summed E-state index contributed by atoms with van der Waals surface area (Å²) in [7, 11) is 3.02. The third-order valence-corrected chi connectivity index (χ3v) is 4.57. The lowest BCUT2D eigenvalue weighted by Crippen LogP contribution is -2.14. The molecule has 0 unspecified atom stereocenters. The van der Waals surface area contributed by atoms with Gasteiger partial charge in [0.25, 0.3) is 16.8 Å². The van der Waals surface area contributed by atoms with E-state index < -0.39 is 4.92 Å². The van der Waals surface area contributed by atoms with Gasteiger partial charge in [-0.05, 0) is 18.2 Å². The van der Waals surface area contributed by atoms with Gasteiger partial charge in [0.2, 0.25) is 5.91 Å². The second-order valence-corrected chi connectivity index (χ2v) is 6.48. The Morgan fingerprint density at radius 2 is 2.00 bits per heavy atom. The number of anilines is 1. The fraction of sp³-hybridized carbons (Fsp3) is 0.167. The van der Waals surface area contributed by atoms with Gasteiger partial charge in [-0.25, -0.2) is 0 Å². The number of nitrogens with one attached hydrogen (secondary N) is 1. The summed E-state index contributed by atoms with van der Waals surface area (Å²) in [5.74, 6) is 0.746. The van der Waals surface area contributed by atoms with Crippen LogP contribution in [-0.2, 0) is 4.79 Å². The Bertz CT molecular complexity index is 1040. The fourth-order valence-corrected chi connectivity index (χ4v) is 2.97. The van der Waals surface area contributed by atoms with E-state index in [1.165, 1.54) is 26.4 Å². The van der Waals surface area contributed by atoms with Gasteiger partial charge < -0.3 is 19.2 Å². The van der Waals surface area contributed by atoms with E-state index in [0.717, 1.165) is 11.8 Å². The lowest BCUT2D eigenvalue weighted by atomic mass is 10.2. The first-order chi connectivity index (χ1) is 14.0. The van der Waals surface area contributed by atoms with Gasteiger partial charge in [0.05, 0.1) is 30.6 Å². The summed E-state index contributed by atoms with van der Waals surface area (Å²) in [5.41, 5.74) is 0.561. The van der Waals surface area contributed by atoms with Gasteiger partial charge in [-0.1, -0.05) is 23.9 Å². The number of benzene rings is 2. The number of carbonyl (C=O) groups excluding carboxylic acids is 1. The molecule has 1 amide bonds. The predicted molar refractivity (Wildman–Crippen MR) is 105 cm³/mol. The summed E-state index contributed by atoms with van der Waals surface area (Å²) >= 11 is 1.01. The van der Waals surface area contributed by atoms with Gasteiger partial charge in [0, 0.05) is 12.1 Å². The summed E-state index contributed by atoms with van der Waals surface area (Å²) in [6, 6.07) is 11.1. The number of methoxy groups -OCH3 is 2. The first-order valence-electron chi connectivity index (χ1n) is 8.23. The van der Waals surface area contributed by atoms with Crippen molar-refractivity contribution in [2.24, 2.45) is 0 Å². The van der Waals surface area contributed by atoms with Gasteiger partial charge in [0.1, 0.15) is 17.1 Å². The fourth-order valence-electron chi connectivity index (χ4n) is 2.41. The van der Waals surface area contributed by atoms with Crippen LogP contribution in [0.3, 0.4) is 0 Å². The van der Waals surface area contributed by atoms with E-state index in [9.17, 15) is 14.9 Å². The zero-order valence-electron chi connectivity index (χ0n) is 15.4. The molecule has 0 saturated heterocycles. The largest absolute Gasteiger partial charge is 0.497 e. The highest BCUT2D eigenvalue weighted by Crippen LogP contribution is 2.31.